The van der Waals surface area contributed by atoms with Gasteiger partial charge in [-0.05, 0) is 56.3 Å². The highest BCUT2D eigenvalue weighted by atomic mass is 15.2. The van der Waals surface area contributed by atoms with Gasteiger partial charge in [-0.3, -0.25) is 0 Å². The fourth-order valence-electron chi connectivity index (χ4n) is 2.63. The number of nitrogens with one attached hydrogen (secondary N) is 1. The third-order valence-corrected chi connectivity index (χ3v) is 3.70. The SMILES string of the molecule is CC(C)Cc1ccc(N(C)CC2CCNCC2)nn1. The molecule has 4 nitrogen and oxygen atoms in total. The Morgan fingerprint density at radius 1 is 1.26 bits per heavy atom. The van der Waals surface area contributed by atoms with Gasteiger partial charge < -0.3 is 10.2 Å². The summed E-state index contributed by atoms with van der Waals surface area (Å²) in [5, 5.41) is 12.1. The number of anilines is 1. The fraction of sp³-hybridized carbons (Fsp3) is 0.733. The van der Waals surface area contributed by atoms with Crippen molar-refractivity contribution in [2.24, 2.45) is 11.8 Å². The zero-order valence-corrected chi connectivity index (χ0v) is 12.4. The number of nitrogens with zero attached hydrogens (tertiary/aromatic N) is 3. The molecule has 0 aliphatic carbocycles. The third kappa shape index (κ3) is 4.46. The highest BCUT2D eigenvalue weighted by molar-refractivity contribution is 5.36. The van der Waals surface area contributed by atoms with Gasteiger partial charge >= 0.3 is 0 Å². The first-order valence-electron chi connectivity index (χ1n) is 7.39. The van der Waals surface area contributed by atoms with E-state index in [9.17, 15) is 0 Å². The molecule has 0 spiro atoms. The third-order valence-electron chi connectivity index (χ3n) is 3.70. The zero-order chi connectivity index (χ0) is 13.7. The van der Waals surface area contributed by atoms with Crippen molar-refractivity contribution in [3.8, 4) is 0 Å². The van der Waals surface area contributed by atoms with Crippen molar-refractivity contribution < 1.29 is 0 Å². The highest BCUT2D eigenvalue weighted by Gasteiger charge is 2.16. The Labute approximate surface area is 116 Å². The average molecular weight is 262 g/mol. The largest absolute Gasteiger partial charge is 0.358 e. The molecule has 1 fully saturated rings. The Balaban J connectivity index is 1.89. The van der Waals surface area contributed by atoms with Crippen LogP contribution in [0.5, 0.6) is 0 Å². The fourth-order valence-corrected chi connectivity index (χ4v) is 2.63. The summed E-state index contributed by atoms with van der Waals surface area (Å²) in [5.74, 6) is 2.40. The van der Waals surface area contributed by atoms with E-state index in [1.165, 1.54) is 12.8 Å². The van der Waals surface area contributed by atoms with E-state index in [2.05, 4.69) is 53.4 Å². The van der Waals surface area contributed by atoms with E-state index in [4.69, 9.17) is 0 Å². The minimum absolute atomic E-state index is 0.632. The smallest absolute Gasteiger partial charge is 0.150 e. The van der Waals surface area contributed by atoms with Crippen LogP contribution in [-0.2, 0) is 6.42 Å². The molecule has 0 amide bonds. The van der Waals surface area contributed by atoms with Crippen molar-refractivity contribution in [2.45, 2.75) is 33.1 Å². The topological polar surface area (TPSA) is 41.0 Å². The first-order valence-corrected chi connectivity index (χ1v) is 7.39. The van der Waals surface area contributed by atoms with Crippen LogP contribution in [0.3, 0.4) is 0 Å². The molecule has 2 rings (SSSR count). The standard InChI is InChI=1S/C15H26N4/c1-12(2)10-14-4-5-15(18-17-14)19(3)11-13-6-8-16-9-7-13/h4-5,12-13,16H,6-11H2,1-3H3. The summed E-state index contributed by atoms with van der Waals surface area (Å²) in [7, 11) is 2.12. The van der Waals surface area contributed by atoms with Crippen molar-refractivity contribution in [3.63, 3.8) is 0 Å². The lowest BCUT2D eigenvalue weighted by atomic mass is 9.98. The minimum atomic E-state index is 0.632. The van der Waals surface area contributed by atoms with Gasteiger partial charge in [-0.15, -0.1) is 5.10 Å². The summed E-state index contributed by atoms with van der Waals surface area (Å²) in [6.07, 6.45) is 3.54. The van der Waals surface area contributed by atoms with Gasteiger partial charge in [0.1, 0.15) is 0 Å². The molecule has 106 valence electrons. The first kappa shape index (κ1) is 14.3. The number of piperidine rings is 1. The number of rotatable bonds is 5. The van der Waals surface area contributed by atoms with Crippen LogP contribution >= 0.6 is 0 Å². The Morgan fingerprint density at radius 2 is 2.00 bits per heavy atom. The van der Waals surface area contributed by atoms with Crippen LogP contribution < -0.4 is 10.2 Å². The quantitative estimate of drug-likeness (QED) is 0.882. The van der Waals surface area contributed by atoms with E-state index in [0.29, 0.717) is 5.92 Å². The normalized spacial score (nSPS) is 16.8. The predicted molar refractivity (Wildman–Crippen MR) is 79.4 cm³/mol. The molecule has 1 aromatic rings. The summed E-state index contributed by atoms with van der Waals surface area (Å²) >= 11 is 0. The maximum absolute atomic E-state index is 4.36. The Hall–Kier alpha value is -1.16. The molecule has 2 heterocycles. The van der Waals surface area contributed by atoms with Gasteiger partial charge in [0.2, 0.25) is 0 Å². The molecule has 1 aliphatic heterocycles. The predicted octanol–water partition coefficient (Wildman–Crippen LogP) is 2.11. The first-order chi connectivity index (χ1) is 9.15. The van der Waals surface area contributed by atoms with Crippen LogP contribution in [0.4, 0.5) is 5.82 Å². The lowest BCUT2D eigenvalue weighted by Gasteiger charge is -2.27. The zero-order valence-electron chi connectivity index (χ0n) is 12.4. The molecule has 0 atom stereocenters. The van der Waals surface area contributed by atoms with Crippen LogP contribution in [0.25, 0.3) is 0 Å². The molecule has 1 saturated heterocycles. The second kappa shape index (κ2) is 6.85. The summed E-state index contributed by atoms with van der Waals surface area (Å²) in [5.41, 5.74) is 1.09. The molecule has 4 heteroatoms. The van der Waals surface area contributed by atoms with E-state index < -0.39 is 0 Å². The molecule has 1 aromatic heterocycles. The monoisotopic (exact) mass is 262 g/mol. The van der Waals surface area contributed by atoms with E-state index in [-0.39, 0.29) is 0 Å². The summed E-state index contributed by atoms with van der Waals surface area (Å²) < 4.78 is 0. The van der Waals surface area contributed by atoms with Gasteiger partial charge in [0.05, 0.1) is 5.69 Å². The molecular weight excluding hydrogens is 236 g/mol. The summed E-state index contributed by atoms with van der Waals surface area (Å²) in [4.78, 5) is 2.24. The van der Waals surface area contributed by atoms with E-state index in [1.54, 1.807) is 0 Å². The van der Waals surface area contributed by atoms with Crippen LogP contribution in [0.2, 0.25) is 0 Å². The molecule has 0 aromatic carbocycles. The van der Waals surface area contributed by atoms with Crippen LogP contribution in [0.1, 0.15) is 32.4 Å². The molecular formula is C15H26N4. The molecule has 19 heavy (non-hydrogen) atoms. The van der Waals surface area contributed by atoms with Crippen molar-refractivity contribution in [1.29, 1.82) is 0 Å². The van der Waals surface area contributed by atoms with E-state index in [1.807, 2.05) is 0 Å². The van der Waals surface area contributed by atoms with Crippen LogP contribution in [0, 0.1) is 11.8 Å². The van der Waals surface area contributed by atoms with Crippen molar-refractivity contribution >= 4 is 5.82 Å². The van der Waals surface area contributed by atoms with Gasteiger partial charge in [-0.2, -0.15) is 5.10 Å². The number of hydrogen-bond acceptors (Lipinski definition) is 4. The van der Waals surface area contributed by atoms with Crippen molar-refractivity contribution in [3.05, 3.63) is 17.8 Å². The van der Waals surface area contributed by atoms with E-state index in [0.717, 1.165) is 43.5 Å². The maximum Gasteiger partial charge on any atom is 0.150 e. The van der Waals surface area contributed by atoms with Crippen molar-refractivity contribution in [2.75, 3.05) is 31.6 Å². The Kier molecular flexibility index (Phi) is 5.14. The molecule has 1 N–H and O–H groups in total. The average Bonchev–Trinajstić information content (AvgIpc) is 2.40. The summed E-state index contributed by atoms with van der Waals surface area (Å²) in [6, 6.07) is 4.22. The molecule has 0 saturated carbocycles. The summed E-state index contributed by atoms with van der Waals surface area (Å²) in [6.45, 7) is 7.80. The van der Waals surface area contributed by atoms with Gasteiger partial charge in [0.15, 0.2) is 5.82 Å². The second-order valence-electron chi connectivity index (χ2n) is 6.05. The Morgan fingerprint density at radius 3 is 2.58 bits per heavy atom. The maximum atomic E-state index is 4.36. The molecule has 0 bridgehead atoms. The Bertz CT molecular complexity index is 368. The van der Waals surface area contributed by atoms with Crippen molar-refractivity contribution in [1.82, 2.24) is 15.5 Å². The van der Waals surface area contributed by atoms with Crippen LogP contribution in [-0.4, -0.2) is 36.9 Å². The minimum Gasteiger partial charge on any atom is -0.358 e. The van der Waals surface area contributed by atoms with Crippen LogP contribution in [0.15, 0.2) is 12.1 Å². The number of aromatic nitrogens is 2. The molecule has 1 aliphatic rings. The second-order valence-corrected chi connectivity index (χ2v) is 6.05. The number of hydrogen-bond donors (Lipinski definition) is 1. The van der Waals surface area contributed by atoms with Gasteiger partial charge in [-0.25, -0.2) is 0 Å². The molecule has 0 radical (unpaired) electrons. The van der Waals surface area contributed by atoms with Gasteiger partial charge in [0.25, 0.3) is 0 Å². The molecule has 0 unspecified atom stereocenters. The highest BCUT2D eigenvalue weighted by Crippen LogP contribution is 2.16. The van der Waals surface area contributed by atoms with E-state index >= 15 is 0 Å². The lowest BCUT2D eigenvalue weighted by molar-refractivity contribution is 0.377. The van der Waals surface area contributed by atoms with Gasteiger partial charge in [-0.1, -0.05) is 13.8 Å². The lowest BCUT2D eigenvalue weighted by Crippen LogP contribution is -2.34. The van der Waals surface area contributed by atoms with Gasteiger partial charge in [0, 0.05) is 13.6 Å².